The predicted molar refractivity (Wildman–Crippen MR) is 61.6 cm³/mol. The van der Waals surface area contributed by atoms with Crippen molar-refractivity contribution in [3.05, 3.63) is 35.4 Å². The molecule has 1 saturated heterocycles. The summed E-state index contributed by atoms with van der Waals surface area (Å²) in [4.78, 5) is -0.189. The summed E-state index contributed by atoms with van der Waals surface area (Å²) in [6.07, 6.45) is 2.89. The summed E-state index contributed by atoms with van der Waals surface area (Å²) >= 11 is 3.39. The maximum absolute atomic E-state index is 13.5. The van der Waals surface area contributed by atoms with Gasteiger partial charge in [0.1, 0.15) is 11.6 Å². The Bertz CT molecular complexity index is 364. The van der Waals surface area contributed by atoms with E-state index in [0.717, 1.165) is 31.6 Å². The first kappa shape index (κ1) is 12.0. The molecule has 0 aliphatic carbocycles. The van der Waals surface area contributed by atoms with Gasteiger partial charge in [0, 0.05) is 17.0 Å². The molecule has 88 valence electrons. The van der Waals surface area contributed by atoms with Gasteiger partial charge >= 0.3 is 0 Å². The van der Waals surface area contributed by atoms with Crippen molar-refractivity contribution in [3.63, 3.8) is 0 Å². The first-order chi connectivity index (χ1) is 7.66. The van der Waals surface area contributed by atoms with E-state index in [1.165, 1.54) is 6.07 Å². The summed E-state index contributed by atoms with van der Waals surface area (Å²) in [6.45, 7) is 0.774. The van der Waals surface area contributed by atoms with Crippen LogP contribution in [0, 0.1) is 11.6 Å². The van der Waals surface area contributed by atoms with Gasteiger partial charge in [-0.3, -0.25) is 0 Å². The predicted octanol–water partition coefficient (Wildman–Crippen LogP) is 3.97. The molecule has 1 aromatic carbocycles. The largest absolute Gasteiger partial charge is 0.378 e. The van der Waals surface area contributed by atoms with Crippen LogP contribution in [0.25, 0.3) is 0 Å². The Kier molecular flexibility index (Phi) is 3.92. The van der Waals surface area contributed by atoms with E-state index in [9.17, 15) is 8.78 Å². The second-order valence-electron chi connectivity index (χ2n) is 4.00. The van der Waals surface area contributed by atoms with Gasteiger partial charge in [0.15, 0.2) is 0 Å². The minimum absolute atomic E-state index is 0.159. The number of hydrogen-bond acceptors (Lipinski definition) is 1. The molecule has 0 radical (unpaired) electrons. The Labute approximate surface area is 102 Å². The Morgan fingerprint density at radius 1 is 1.44 bits per heavy atom. The maximum Gasteiger partial charge on any atom is 0.127 e. The number of hydrogen-bond donors (Lipinski definition) is 0. The van der Waals surface area contributed by atoms with Crippen molar-refractivity contribution in [2.45, 2.75) is 30.2 Å². The van der Waals surface area contributed by atoms with Crippen LogP contribution in [0.3, 0.4) is 0 Å². The molecule has 1 nitrogen and oxygen atoms in total. The summed E-state index contributed by atoms with van der Waals surface area (Å²) in [5, 5.41) is 0. The molecule has 1 fully saturated rings. The SMILES string of the molecule is Fc1ccc(F)c(C(Br)CC2CCCO2)c1. The maximum atomic E-state index is 13.5. The van der Waals surface area contributed by atoms with Gasteiger partial charge in [-0.2, -0.15) is 0 Å². The molecule has 0 aromatic heterocycles. The molecule has 16 heavy (non-hydrogen) atoms. The van der Waals surface area contributed by atoms with Gasteiger partial charge in [-0.15, -0.1) is 0 Å². The van der Waals surface area contributed by atoms with Crippen LogP contribution < -0.4 is 0 Å². The molecule has 1 aromatic rings. The molecule has 0 amide bonds. The standard InChI is InChI=1S/C12H13BrF2O/c13-11(7-9-2-1-5-16-9)10-6-8(14)3-4-12(10)15/h3-4,6,9,11H,1-2,5,7H2. The van der Waals surface area contributed by atoms with Gasteiger partial charge in [-0.25, -0.2) is 8.78 Å². The van der Waals surface area contributed by atoms with Crippen LogP contribution in [0.5, 0.6) is 0 Å². The Balaban J connectivity index is 2.07. The van der Waals surface area contributed by atoms with E-state index in [0.29, 0.717) is 12.0 Å². The Morgan fingerprint density at radius 2 is 2.25 bits per heavy atom. The molecular weight excluding hydrogens is 278 g/mol. The average molecular weight is 291 g/mol. The summed E-state index contributed by atoms with van der Waals surface area (Å²) in [7, 11) is 0. The smallest absolute Gasteiger partial charge is 0.127 e. The zero-order valence-electron chi connectivity index (χ0n) is 8.76. The minimum atomic E-state index is -0.409. The van der Waals surface area contributed by atoms with E-state index in [1.807, 2.05) is 0 Å². The van der Waals surface area contributed by atoms with Crippen LogP contribution in [0.4, 0.5) is 8.78 Å². The van der Waals surface area contributed by atoms with Crippen LogP contribution in [0.2, 0.25) is 0 Å². The Hall–Kier alpha value is -0.480. The zero-order valence-corrected chi connectivity index (χ0v) is 10.3. The Morgan fingerprint density at radius 3 is 2.94 bits per heavy atom. The van der Waals surface area contributed by atoms with Crippen LogP contribution >= 0.6 is 15.9 Å². The van der Waals surface area contributed by atoms with Gasteiger partial charge in [0.25, 0.3) is 0 Å². The first-order valence-electron chi connectivity index (χ1n) is 5.37. The highest BCUT2D eigenvalue weighted by Crippen LogP contribution is 2.33. The van der Waals surface area contributed by atoms with E-state index in [-0.39, 0.29) is 16.7 Å². The normalized spacial score (nSPS) is 22.3. The van der Waals surface area contributed by atoms with Gasteiger partial charge in [0.05, 0.1) is 6.10 Å². The summed E-state index contributed by atoms with van der Waals surface area (Å²) in [5.74, 6) is -0.783. The monoisotopic (exact) mass is 290 g/mol. The molecule has 2 unspecified atom stereocenters. The van der Waals surface area contributed by atoms with Crippen LogP contribution in [-0.2, 0) is 4.74 Å². The fraction of sp³-hybridized carbons (Fsp3) is 0.500. The van der Waals surface area contributed by atoms with E-state index in [1.54, 1.807) is 0 Å². The minimum Gasteiger partial charge on any atom is -0.378 e. The quantitative estimate of drug-likeness (QED) is 0.766. The van der Waals surface area contributed by atoms with E-state index < -0.39 is 5.82 Å². The number of ether oxygens (including phenoxy) is 1. The number of alkyl halides is 1. The van der Waals surface area contributed by atoms with Crippen LogP contribution in [-0.4, -0.2) is 12.7 Å². The zero-order chi connectivity index (χ0) is 11.5. The number of rotatable bonds is 3. The van der Waals surface area contributed by atoms with Crippen molar-refractivity contribution < 1.29 is 13.5 Å². The molecule has 4 heteroatoms. The third-order valence-corrected chi connectivity index (χ3v) is 3.66. The van der Waals surface area contributed by atoms with Crippen LogP contribution in [0.1, 0.15) is 29.7 Å². The lowest BCUT2D eigenvalue weighted by molar-refractivity contribution is 0.104. The first-order valence-corrected chi connectivity index (χ1v) is 6.29. The fourth-order valence-electron chi connectivity index (χ4n) is 1.94. The summed E-state index contributed by atoms with van der Waals surface area (Å²) < 4.78 is 31.9. The van der Waals surface area contributed by atoms with Gasteiger partial charge in [-0.05, 0) is 37.5 Å². The van der Waals surface area contributed by atoms with E-state index >= 15 is 0 Å². The summed E-state index contributed by atoms with van der Waals surface area (Å²) in [6, 6.07) is 3.53. The third kappa shape index (κ3) is 2.80. The average Bonchev–Trinajstić information content (AvgIpc) is 2.74. The molecular formula is C12H13BrF2O. The molecule has 1 aliphatic rings. The van der Waals surface area contributed by atoms with Crippen molar-refractivity contribution >= 4 is 15.9 Å². The lowest BCUT2D eigenvalue weighted by Gasteiger charge is -2.15. The lowest BCUT2D eigenvalue weighted by atomic mass is 10.0. The molecule has 1 aliphatic heterocycles. The highest BCUT2D eigenvalue weighted by atomic mass is 79.9. The van der Waals surface area contributed by atoms with Gasteiger partial charge in [-0.1, -0.05) is 15.9 Å². The molecule has 0 spiro atoms. The summed E-state index contributed by atoms with van der Waals surface area (Å²) in [5.41, 5.74) is 0.371. The van der Waals surface area contributed by atoms with Crippen molar-refractivity contribution in [1.29, 1.82) is 0 Å². The highest BCUT2D eigenvalue weighted by Gasteiger charge is 2.22. The van der Waals surface area contributed by atoms with E-state index in [4.69, 9.17) is 4.74 Å². The molecule has 0 saturated carbocycles. The van der Waals surface area contributed by atoms with Gasteiger partial charge in [0.2, 0.25) is 0 Å². The lowest BCUT2D eigenvalue weighted by Crippen LogP contribution is -2.09. The van der Waals surface area contributed by atoms with Crippen LogP contribution in [0.15, 0.2) is 18.2 Å². The molecule has 2 atom stereocenters. The van der Waals surface area contributed by atoms with Crippen molar-refractivity contribution in [2.24, 2.45) is 0 Å². The van der Waals surface area contributed by atoms with Crippen molar-refractivity contribution in [1.82, 2.24) is 0 Å². The third-order valence-electron chi connectivity index (χ3n) is 2.79. The van der Waals surface area contributed by atoms with E-state index in [2.05, 4.69) is 15.9 Å². The molecule has 0 bridgehead atoms. The number of benzene rings is 1. The highest BCUT2D eigenvalue weighted by molar-refractivity contribution is 9.09. The van der Waals surface area contributed by atoms with Gasteiger partial charge < -0.3 is 4.74 Å². The second-order valence-corrected chi connectivity index (χ2v) is 5.11. The van der Waals surface area contributed by atoms with Crippen molar-refractivity contribution in [2.75, 3.05) is 6.61 Å². The molecule has 1 heterocycles. The number of halogens is 3. The fourth-order valence-corrected chi connectivity index (χ4v) is 2.71. The van der Waals surface area contributed by atoms with Crippen molar-refractivity contribution in [3.8, 4) is 0 Å². The topological polar surface area (TPSA) is 9.23 Å². The second kappa shape index (κ2) is 5.23. The molecule has 2 rings (SSSR count). The molecule has 0 N–H and O–H groups in total.